The molecule has 1 saturated carbocycles. The van der Waals surface area contributed by atoms with Crippen LogP contribution >= 0.6 is 11.8 Å². The summed E-state index contributed by atoms with van der Waals surface area (Å²) in [7, 11) is 0. The minimum absolute atomic E-state index is 0.425. The van der Waals surface area contributed by atoms with Crippen molar-refractivity contribution >= 4 is 11.8 Å². The Balaban J connectivity index is 2.12. The highest BCUT2D eigenvalue weighted by Crippen LogP contribution is 2.32. The topological polar surface area (TPSA) is 35.2 Å². The molecule has 1 aliphatic rings. The lowest BCUT2D eigenvalue weighted by atomic mass is 10.1. The Morgan fingerprint density at radius 2 is 2.12 bits per heavy atom. The summed E-state index contributed by atoms with van der Waals surface area (Å²) in [4.78, 5) is 1.23. The SMILES string of the molecule is CSc1ccc(CCN)cc1OC1CCCC1. The molecule has 0 unspecified atom stereocenters. The molecule has 0 aromatic heterocycles. The van der Waals surface area contributed by atoms with Crippen LogP contribution in [0.3, 0.4) is 0 Å². The molecule has 0 atom stereocenters. The van der Waals surface area contributed by atoms with E-state index in [0.29, 0.717) is 12.6 Å². The Labute approximate surface area is 108 Å². The van der Waals surface area contributed by atoms with E-state index in [1.165, 1.54) is 36.1 Å². The number of thioether (sulfide) groups is 1. The van der Waals surface area contributed by atoms with Crippen LogP contribution in [-0.2, 0) is 6.42 Å². The van der Waals surface area contributed by atoms with E-state index in [1.54, 1.807) is 11.8 Å². The van der Waals surface area contributed by atoms with Gasteiger partial charge in [0.2, 0.25) is 0 Å². The highest BCUT2D eigenvalue weighted by Gasteiger charge is 2.18. The van der Waals surface area contributed by atoms with Crippen molar-refractivity contribution < 1.29 is 4.74 Å². The lowest BCUT2D eigenvalue weighted by Crippen LogP contribution is -2.12. The molecular weight excluding hydrogens is 230 g/mol. The maximum atomic E-state index is 6.12. The molecule has 0 aliphatic heterocycles. The van der Waals surface area contributed by atoms with Crippen molar-refractivity contribution in [2.75, 3.05) is 12.8 Å². The first-order chi connectivity index (χ1) is 8.33. The van der Waals surface area contributed by atoms with Crippen LogP contribution in [0.15, 0.2) is 23.1 Å². The van der Waals surface area contributed by atoms with Gasteiger partial charge in [0.25, 0.3) is 0 Å². The molecule has 1 fully saturated rings. The average molecular weight is 251 g/mol. The fraction of sp³-hybridized carbons (Fsp3) is 0.571. The maximum Gasteiger partial charge on any atom is 0.133 e. The molecule has 2 N–H and O–H groups in total. The Bertz CT molecular complexity index is 361. The van der Waals surface area contributed by atoms with E-state index in [1.807, 2.05) is 0 Å². The monoisotopic (exact) mass is 251 g/mol. The van der Waals surface area contributed by atoms with Crippen LogP contribution in [0.25, 0.3) is 0 Å². The fourth-order valence-electron chi connectivity index (χ4n) is 2.32. The molecular formula is C14H21NOS. The number of nitrogens with two attached hydrogens (primary N) is 1. The maximum absolute atomic E-state index is 6.12. The first-order valence-corrected chi connectivity index (χ1v) is 7.59. The number of ether oxygens (including phenoxy) is 1. The third-order valence-corrected chi connectivity index (χ3v) is 4.03. The quantitative estimate of drug-likeness (QED) is 0.816. The molecule has 3 heteroatoms. The van der Waals surface area contributed by atoms with Crippen molar-refractivity contribution in [3.8, 4) is 5.75 Å². The van der Waals surface area contributed by atoms with E-state index >= 15 is 0 Å². The first kappa shape index (κ1) is 12.8. The second-order valence-electron chi connectivity index (χ2n) is 4.55. The first-order valence-electron chi connectivity index (χ1n) is 6.37. The van der Waals surface area contributed by atoms with Gasteiger partial charge < -0.3 is 10.5 Å². The normalized spacial score (nSPS) is 16.4. The van der Waals surface area contributed by atoms with E-state index in [9.17, 15) is 0 Å². The fourth-order valence-corrected chi connectivity index (χ4v) is 2.83. The zero-order valence-electron chi connectivity index (χ0n) is 10.4. The Hall–Kier alpha value is -0.670. The van der Waals surface area contributed by atoms with Crippen molar-refractivity contribution in [2.45, 2.75) is 43.1 Å². The van der Waals surface area contributed by atoms with E-state index in [-0.39, 0.29) is 0 Å². The van der Waals surface area contributed by atoms with Crippen LogP contribution < -0.4 is 10.5 Å². The van der Waals surface area contributed by atoms with Crippen molar-refractivity contribution in [1.82, 2.24) is 0 Å². The molecule has 0 amide bonds. The molecule has 2 rings (SSSR count). The van der Waals surface area contributed by atoms with Gasteiger partial charge in [-0.1, -0.05) is 6.07 Å². The molecule has 1 aliphatic carbocycles. The van der Waals surface area contributed by atoms with Crippen molar-refractivity contribution in [1.29, 1.82) is 0 Å². The van der Waals surface area contributed by atoms with Crippen LogP contribution in [0.4, 0.5) is 0 Å². The van der Waals surface area contributed by atoms with Gasteiger partial charge in [0.15, 0.2) is 0 Å². The number of hydrogen-bond donors (Lipinski definition) is 1. The largest absolute Gasteiger partial charge is 0.489 e. The van der Waals surface area contributed by atoms with Crippen molar-refractivity contribution in [3.63, 3.8) is 0 Å². The minimum atomic E-state index is 0.425. The highest BCUT2D eigenvalue weighted by atomic mass is 32.2. The van der Waals surface area contributed by atoms with Gasteiger partial charge >= 0.3 is 0 Å². The molecule has 0 heterocycles. The standard InChI is InChI=1S/C14H21NOS/c1-17-14-7-6-11(8-9-15)10-13(14)16-12-4-2-3-5-12/h6-7,10,12H,2-5,8-9,15H2,1H3. The van der Waals surface area contributed by atoms with Crippen LogP contribution in [-0.4, -0.2) is 18.9 Å². The summed E-state index contributed by atoms with van der Waals surface area (Å²) in [5.74, 6) is 1.05. The molecule has 2 nitrogen and oxygen atoms in total. The highest BCUT2D eigenvalue weighted by molar-refractivity contribution is 7.98. The summed E-state index contributed by atoms with van der Waals surface area (Å²) in [5, 5.41) is 0. The van der Waals surface area contributed by atoms with Gasteiger partial charge in [-0.15, -0.1) is 11.8 Å². The minimum Gasteiger partial charge on any atom is -0.489 e. The predicted octanol–water partition coefficient (Wildman–Crippen LogP) is 3.23. The summed E-state index contributed by atoms with van der Waals surface area (Å²) in [6.45, 7) is 0.696. The summed E-state index contributed by atoms with van der Waals surface area (Å²) in [6.07, 6.45) is 8.47. The third-order valence-electron chi connectivity index (χ3n) is 3.26. The number of rotatable bonds is 5. The number of benzene rings is 1. The molecule has 17 heavy (non-hydrogen) atoms. The Morgan fingerprint density at radius 3 is 2.76 bits per heavy atom. The Kier molecular flexibility index (Phi) is 4.75. The van der Waals surface area contributed by atoms with Gasteiger partial charge in [-0.3, -0.25) is 0 Å². The molecule has 0 bridgehead atoms. The molecule has 1 aromatic rings. The van der Waals surface area contributed by atoms with Crippen LogP contribution in [0.2, 0.25) is 0 Å². The molecule has 0 radical (unpaired) electrons. The summed E-state index contributed by atoms with van der Waals surface area (Å²) in [5.41, 5.74) is 6.87. The van der Waals surface area contributed by atoms with Gasteiger partial charge in [-0.05, 0) is 62.6 Å². The van der Waals surface area contributed by atoms with Crippen molar-refractivity contribution in [2.24, 2.45) is 5.73 Å². The van der Waals surface area contributed by atoms with Gasteiger partial charge in [-0.25, -0.2) is 0 Å². The lowest BCUT2D eigenvalue weighted by molar-refractivity contribution is 0.205. The average Bonchev–Trinajstić information content (AvgIpc) is 2.83. The van der Waals surface area contributed by atoms with Crippen LogP contribution in [0.5, 0.6) is 5.75 Å². The zero-order valence-corrected chi connectivity index (χ0v) is 11.3. The number of hydrogen-bond acceptors (Lipinski definition) is 3. The second-order valence-corrected chi connectivity index (χ2v) is 5.40. The van der Waals surface area contributed by atoms with E-state index in [0.717, 1.165) is 12.2 Å². The lowest BCUT2D eigenvalue weighted by Gasteiger charge is -2.16. The predicted molar refractivity (Wildman–Crippen MR) is 73.9 cm³/mol. The second kappa shape index (κ2) is 6.31. The Morgan fingerprint density at radius 1 is 1.35 bits per heavy atom. The van der Waals surface area contributed by atoms with E-state index in [4.69, 9.17) is 10.5 Å². The van der Waals surface area contributed by atoms with Crippen LogP contribution in [0.1, 0.15) is 31.2 Å². The summed E-state index contributed by atoms with van der Waals surface area (Å²) < 4.78 is 6.12. The zero-order chi connectivity index (χ0) is 12.1. The molecule has 94 valence electrons. The van der Waals surface area contributed by atoms with Gasteiger partial charge in [-0.2, -0.15) is 0 Å². The van der Waals surface area contributed by atoms with Crippen LogP contribution in [0, 0.1) is 0 Å². The summed E-state index contributed by atoms with van der Waals surface area (Å²) >= 11 is 1.75. The molecule has 1 aromatic carbocycles. The summed E-state index contributed by atoms with van der Waals surface area (Å²) in [6, 6.07) is 6.47. The van der Waals surface area contributed by atoms with Crippen molar-refractivity contribution in [3.05, 3.63) is 23.8 Å². The smallest absolute Gasteiger partial charge is 0.133 e. The van der Waals surface area contributed by atoms with Gasteiger partial charge in [0.1, 0.15) is 5.75 Å². The third kappa shape index (κ3) is 3.39. The van der Waals surface area contributed by atoms with Gasteiger partial charge in [0.05, 0.1) is 6.10 Å². The van der Waals surface area contributed by atoms with E-state index < -0.39 is 0 Å². The van der Waals surface area contributed by atoms with E-state index in [2.05, 4.69) is 24.5 Å². The molecule has 0 saturated heterocycles. The van der Waals surface area contributed by atoms with Gasteiger partial charge in [0, 0.05) is 4.90 Å². The molecule has 0 spiro atoms.